The molecule has 3 nitrogen and oxygen atoms in total. The zero-order valence-electron chi connectivity index (χ0n) is 10.2. The van der Waals surface area contributed by atoms with Gasteiger partial charge in [0, 0.05) is 11.3 Å². The highest BCUT2D eigenvalue weighted by Gasteiger charge is 2.16. The smallest absolute Gasteiger partial charge is 0.173 e. The van der Waals surface area contributed by atoms with Gasteiger partial charge in [-0.3, -0.25) is 4.79 Å². The van der Waals surface area contributed by atoms with Crippen LogP contribution in [0.2, 0.25) is 0 Å². The zero-order valence-corrected chi connectivity index (χ0v) is 11.1. The average Bonchev–Trinajstić information content (AvgIpc) is 2.86. The maximum absolute atomic E-state index is 12.1. The van der Waals surface area contributed by atoms with Crippen LogP contribution in [0.1, 0.15) is 38.6 Å². The van der Waals surface area contributed by atoms with Crippen LogP contribution in [0, 0.1) is 13.8 Å². The highest BCUT2D eigenvalue weighted by molar-refractivity contribution is 7.11. The lowest BCUT2D eigenvalue weighted by Gasteiger charge is -1.97. The normalized spacial score (nSPS) is 10.8. The summed E-state index contributed by atoms with van der Waals surface area (Å²) in [5, 5.41) is 0.883. The van der Waals surface area contributed by atoms with E-state index in [1.54, 1.807) is 23.7 Å². The van der Waals surface area contributed by atoms with Crippen molar-refractivity contribution >= 4 is 17.1 Å². The lowest BCUT2D eigenvalue weighted by molar-refractivity contribution is 0.0991. The summed E-state index contributed by atoms with van der Waals surface area (Å²) in [6.45, 7) is 5.97. The van der Waals surface area contributed by atoms with Gasteiger partial charge in [-0.15, -0.1) is 11.3 Å². The van der Waals surface area contributed by atoms with Crippen molar-refractivity contribution in [3.8, 4) is 0 Å². The van der Waals surface area contributed by atoms with Gasteiger partial charge in [-0.05, 0) is 19.9 Å². The number of ketones is 1. The van der Waals surface area contributed by atoms with Crippen LogP contribution in [-0.4, -0.2) is 10.8 Å². The molecule has 0 unspecified atom stereocenters. The van der Waals surface area contributed by atoms with Gasteiger partial charge in [-0.2, -0.15) is 0 Å². The van der Waals surface area contributed by atoms with Crippen LogP contribution in [0.3, 0.4) is 0 Å². The minimum atomic E-state index is 0.0874. The van der Waals surface area contributed by atoms with Gasteiger partial charge in [0.05, 0.1) is 23.9 Å². The Labute approximate surface area is 104 Å². The SMILES string of the molecule is CCc1occc1C(=O)Cc1nc(C)c(C)s1. The Bertz CT molecular complexity index is 520. The first-order valence-electron chi connectivity index (χ1n) is 5.64. The third-order valence-electron chi connectivity index (χ3n) is 2.75. The number of rotatable bonds is 4. The van der Waals surface area contributed by atoms with Crippen LogP contribution in [0.4, 0.5) is 0 Å². The van der Waals surface area contributed by atoms with Gasteiger partial charge in [0.1, 0.15) is 10.8 Å². The van der Waals surface area contributed by atoms with E-state index in [2.05, 4.69) is 4.98 Å². The molecule has 0 atom stereocenters. The molecule has 0 bridgehead atoms. The largest absolute Gasteiger partial charge is 0.469 e. The number of nitrogens with zero attached hydrogens (tertiary/aromatic N) is 1. The summed E-state index contributed by atoms with van der Waals surface area (Å²) in [6, 6.07) is 1.74. The molecule has 0 saturated heterocycles. The minimum Gasteiger partial charge on any atom is -0.469 e. The Kier molecular flexibility index (Phi) is 3.43. The number of Topliss-reactive ketones (excluding diaryl/α,β-unsaturated/α-hetero) is 1. The second-order valence-electron chi connectivity index (χ2n) is 3.96. The molecule has 4 heteroatoms. The van der Waals surface area contributed by atoms with E-state index in [0.29, 0.717) is 12.0 Å². The molecule has 0 aliphatic heterocycles. The summed E-state index contributed by atoms with van der Waals surface area (Å²) < 4.78 is 5.26. The first kappa shape index (κ1) is 12.0. The second kappa shape index (κ2) is 4.84. The maximum Gasteiger partial charge on any atom is 0.173 e. The molecule has 0 radical (unpaired) electrons. The van der Waals surface area contributed by atoms with Crippen molar-refractivity contribution in [2.24, 2.45) is 0 Å². The molecule has 0 aliphatic rings. The molecular formula is C13H15NO2S. The molecular weight excluding hydrogens is 234 g/mol. The van der Waals surface area contributed by atoms with Gasteiger partial charge in [0.15, 0.2) is 5.78 Å². The van der Waals surface area contributed by atoms with Crippen LogP contribution in [-0.2, 0) is 12.8 Å². The van der Waals surface area contributed by atoms with E-state index in [1.165, 1.54) is 4.88 Å². The first-order chi connectivity index (χ1) is 8.11. The summed E-state index contributed by atoms with van der Waals surface area (Å²) in [5.74, 6) is 0.851. The molecule has 2 aromatic rings. The average molecular weight is 249 g/mol. The van der Waals surface area contributed by atoms with Crippen LogP contribution in [0.25, 0.3) is 0 Å². The van der Waals surface area contributed by atoms with Crippen LogP contribution < -0.4 is 0 Å². The van der Waals surface area contributed by atoms with Crippen molar-refractivity contribution in [1.82, 2.24) is 4.98 Å². The number of aryl methyl sites for hydroxylation is 3. The van der Waals surface area contributed by atoms with Gasteiger partial charge < -0.3 is 4.42 Å². The van der Waals surface area contributed by atoms with E-state index in [0.717, 1.165) is 22.9 Å². The van der Waals surface area contributed by atoms with Crippen molar-refractivity contribution in [3.05, 3.63) is 39.2 Å². The molecule has 0 fully saturated rings. The van der Waals surface area contributed by atoms with E-state index in [-0.39, 0.29) is 5.78 Å². The monoisotopic (exact) mass is 249 g/mol. The Hall–Kier alpha value is -1.42. The minimum absolute atomic E-state index is 0.0874. The van der Waals surface area contributed by atoms with Crippen molar-refractivity contribution in [3.63, 3.8) is 0 Å². The topological polar surface area (TPSA) is 43.1 Å². The summed E-state index contributed by atoms with van der Waals surface area (Å²) in [7, 11) is 0. The molecule has 0 aromatic carbocycles. The zero-order chi connectivity index (χ0) is 12.4. The van der Waals surface area contributed by atoms with E-state index in [9.17, 15) is 4.79 Å². The predicted octanol–water partition coefficient (Wildman–Crippen LogP) is 3.34. The van der Waals surface area contributed by atoms with Crippen LogP contribution >= 0.6 is 11.3 Å². The molecule has 17 heavy (non-hydrogen) atoms. The number of carbonyl (C=O) groups excluding carboxylic acids is 1. The Balaban J connectivity index is 2.17. The lowest BCUT2D eigenvalue weighted by Crippen LogP contribution is -2.04. The Morgan fingerprint density at radius 2 is 2.24 bits per heavy atom. The fourth-order valence-corrected chi connectivity index (χ4v) is 2.64. The van der Waals surface area contributed by atoms with Gasteiger partial charge in [0.2, 0.25) is 0 Å². The van der Waals surface area contributed by atoms with E-state index in [4.69, 9.17) is 4.42 Å². The second-order valence-corrected chi connectivity index (χ2v) is 5.25. The van der Waals surface area contributed by atoms with Crippen molar-refractivity contribution in [1.29, 1.82) is 0 Å². The predicted molar refractivity (Wildman–Crippen MR) is 67.7 cm³/mol. The van der Waals surface area contributed by atoms with Gasteiger partial charge in [-0.25, -0.2) is 4.98 Å². The first-order valence-corrected chi connectivity index (χ1v) is 6.46. The van der Waals surface area contributed by atoms with Gasteiger partial charge >= 0.3 is 0 Å². The van der Waals surface area contributed by atoms with E-state index in [1.807, 2.05) is 20.8 Å². The van der Waals surface area contributed by atoms with Crippen molar-refractivity contribution < 1.29 is 9.21 Å². The molecule has 0 spiro atoms. The number of thiazole rings is 1. The molecule has 0 saturated carbocycles. The number of furan rings is 1. The maximum atomic E-state index is 12.1. The highest BCUT2D eigenvalue weighted by Crippen LogP contribution is 2.20. The number of hydrogen-bond donors (Lipinski definition) is 0. The van der Waals surface area contributed by atoms with Crippen LogP contribution in [0.5, 0.6) is 0 Å². The molecule has 2 heterocycles. The molecule has 0 aliphatic carbocycles. The third kappa shape index (κ3) is 2.47. The Morgan fingerprint density at radius 1 is 1.47 bits per heavy atom. The standard InChI is InChI=1S/C13H15NO2S/c1-4-12-10(5-6-16-12)11(15)7-13-14-8(2)9(3)17-13/h5-6H,4,7H2,1-3H3. The fourth-order valence-electron chi connectivity index (χ4n) is 1.71. The third-order valence-corrected chi connectivity index (χ3v) is 3.82. The van der Waals surface area contributed by atoms with Crippen molar-refractivity contribution in [2.75, 3.05) is 0 Å². The molecule has 90 valence electrons. The highest BCUT2D eigenvalue weighted by atomic mass is 32.1. The lowest BCUT2D eigenvalue weighted by atomic mass is 10.1. The quantitative estimate of drug-likeness (QED) is 0.780. The number of carbonyl (C=O) groups is 1. The molecule has 0 amide bonds. The fraction of sp³-hybridized carbons (Fsp3) is 0.385. The number of hydrogen-bond acceptors (Lipinski definition) is 4. The summed E-state index contributed by atoms with van der Waals surface area (Å²) in [6.07, 6.45) is 2.68. The molecule has 2 aromatic heterocycles. The van der Waals surface area contributed by atoms with Crippen molar-refractivity contribution in [2.45, 2.75) is 33.6 Å². The van der Waals surface area contributed by atoms with E-state index >= 15 is 0 Å². The Morgan fingerprint density at radius 3 is 2.82 bits per heavy atom. The van der Waals surface area contributed by atoms with E-state index < -0.39 is 0 Å². The van der Waals surface area contributed by atoms with Crippen LogP contribution in [0.15, 0.2) is 16.7 Å². The van der Waals surface area contributed by atoms with Gasteiger partial charge in [0.25, 0.3) is 0 Å². The summed E-state index contributed by atoms with van der Waals surface area (Å²) in [4.78, 5) is 17.6. The molecule has 0 N–H and O–H groups in total. The number of aromatic nitrogens is 1. The molecule has 2 rings (SSSR count). The summed E-state index contributed by atoms with van der Waals surface area (Å²) in [5.41, 5.74) is 1.71. The summed E-state index contributed by atoms with van der Waals surface area (Å²) >= 11 is 1.59. The van der Waals surface area contributed by atoms with Gasteiger partial charge in [-0.1, -0.05) is 6.92 Å².